The van der Waals surface area contributed by atoms with E-state index in [1.165, 1.54) is 4.90 Å². The monoisotopic (exact) mass is 336 g/mol. The molecule has 4 heteroatoms. The van der Waals surface area contributed by atoms with Crippen molar-refractivity contribution in [1.29, 1.82) is 0 Å². The van der Waals surface area contributed by atoms with E-state index in [-0.39, 0.29) is 12.4 Å². The second kappa shape index (κ2) is 6.78. The Hall–Kier alpha value is -1.26. The molecule has 0 heterocycles. The summed E-state index contributed by atoms with van der Waals surface area (Å²) >= 11 is 5.03. The van der Waals surface area contributed by atoms with Crippen LogP contribution >= 0.6 is 27.7 Å². The lowest BCUT2D eigenvalue weighted by Gasteiger charge is -2.07. The molecule has 0 unspecified atom stereocenters. The first kappa shape index (κ1) is 14.2. The summed E-state index contributed by atoms with van der Waals surface area (Å²) in [4.78, 5) is 13.2. The van der Waals surface area contributed by atoms with E-state index in [1.54, 1.807) is 17.8 Å². The highest BCUT2D eigenvalue weighted by Crippen LogP contribution is 2.20. The molecular weight excluding hydrogens is 324 g/mol. The number of ketones is 1. The van der Waals surface area contributed by atoms with Gasteiger partial charge in [-0.3, -0.25) is 4.79 Å². The Morgan fingerprint density at radius 3 is 2.47 bits per heavy atom. The Labute approximate surface area is 125 Å². The van der Waals surface area contributed by atoms with Crippen molar-refractivity contribution in [3.63, 3.8) is 0 Å². The van der Waals surface area contributed by atoms with Crippen molar-refractivity contribution in [2.45, 2.75) is 4.90 Å². The van der Waals surface area contributed by atoms with E-state index >= 15 is 0 Å². The van der Waals surface area contributed by atoms with Gasteiger partial charge in [0.2, 0.25) is 5.78 Å². The number of carbonyl (C=O) groups is 1. The normalized spacial score (nSPS) is 10.2. The minimum atomic E-state index is -0.0404. The summed E-state index contributed by atoms with van der Waals surface area (Å²) in [6.07, 6.45) is 2.02. The summed E-state index contributed by atoms with van der Waals surface area (Å²) in [5.41, 5.74) is 0.642. The number of ether oxygens (including phenoxy) is 1. The number of rotatable bonds is 5. The summed E-state index contributed by atoms with van der Waals surface area (Å²) in [7, 11) is 0. The molecule has 19 heavy (non-hydrogen) atoms. The molecule has 0 aromatic heterocycles. The molecule has 2 nitrogen and oxygen atoms in total. The topological polar surface area (TPSA) is 26.3 Å². The third-order valence-corrected chi connectivity index (χ3v) is 4.04. The van der Waals surface area contributed by atoms with Crippen molar-refractivity contribution in [3.05, 3.63) is 58.6 Å². The quantitative estimate of drug-likeness (QED) is 0.596. The minimum Gasteiger partial charge on any atom is -0.485 e. The molecule has 0 atom stereocenters. The van der Waals surface area contributed by atoms with Crippen LogP contribution in [-0.4, -0.2) is 18.6 Å². The van der Waals surface area contributed by atoms with Crippen molar-refractivity contribution in [3.8, 4) is 5.75 Å². The molecule has 0 radical (unpaired) electrons. The van der Waals surface area contributed by atoms with E-state index in [0.29, 0.717) is 11.3 Å². The number of hydrogen-bond donors (Lipinski definition) is 0. The second-order valence-electron chi connectivity index (χ2n) is 3.87. The van der Waals surface area contributed by atoms with Crippen molar-refractivity contribution in [2.24, 2.45) is 0 Å². The Balaban J connectivity index is 1.98. The van der Waals surface area contributed by atoms with Crippen molar-refractivity contribution in [2.75, 3.05) is 12.9 Å². The van der Waals surface area contributed by atoms with Crippen molar-refractivity contribution < 1.29 is 9.53 Å². The number of Topliss-reactive ketones (excluding diaryl/α,β-unsaturated/α-hetero) is 1. The number of halogens is 1. The van der Waals surface area contributed by atoms with Gasteiger partial charge in [0.1, 0.15) is 5.75 Å². The lowest BCUT2D eigenvalue weighted by molar-refractivity contribution is 0.0920. The molecule has 0 bridgehead atoms. The molecule has 2 rings (SSSR count). The third-order valence-electron chi connectivity index (χ3n) is 2.60. The predicted octanol–water partition coefficient (Wildman–Crippen LogP) is 4.43. The molecule has 0 saturated carbocycles. The molecule has 0 N–H and O–H groups in total. The van der Waals surface area contributed by atoms with Crippen LogP contribution < -0.4 is 4.74 Å². The summed E-state index contributed by atoms with van der Waals surface area (Å²) in [6, 6.07) is 15.0. The van der Waals surface area contributed by atoms with E-state index in [0.717, 1.165) is 4.47 Å². The third kappa shape index (κ3) is 3.85. The van der Waals surface area contributed by atoms with E-state index in [2.05, 4.69) is 15.9 Å². The molecule has 0 saturated heterocycles. The van der Waals surface area contributed by atoms with Gasteiger partial charge in [0.25, 0.3) is 0 Å². The van der Waals surface area contributed by atoms with Gasteiger partial charge in [0, 0.05) is 14.9 Å². The molecule has 0 aliphatic rings. The summed E-state index contributed by atoms with van der Waals surface area (Å²) in [5.74, 6) is 0.666. The molecule has 0 amide bonds. The lowest BCUT2D eigenvalue weighted by Crippen LogP contribution is -2.12. The average Bonchev–Trinajstić information content (AvgIpc) is 2.46. The predicted molar refractivity (Wildman–Crippen MR) is 82.2 cm³/mol. The second-order valence-corrected chi connectivity index (χ2v) is 5.60. The standard InChI is InChI=1S/C15H13BrO2S/c1-19-12-8-6-11(7-9-12)18-10-15(17)13-4-2-3-5-14(13)16/h2-9H,10H2,1H3. The van der Waals surface area contributed by atoms with Gasteiger partial charge in [-0.05, 0) is 36.6 Å². The van der Waals surface area contributed by atoms with Crippen LogP contribution in [0.5, 0.6) is 5.75 Å². The average molecular weight is 337 g/mol. The van der Waals surface area contributed by atoms with Crippen LogP contribution in [0.3, 0.4) is 0 Å². The highest BCUT2D eigenvalue weighted by atomic mass is 79.9. The SMILES string of the molecule is CSc1ccc(OCC(=O)c2ccccc2Br)cc1. The summed E-state index contributed by atoms with van der Waals surface area (Å²) in [5, 5.41) is 0. The first-order valence-electron chi connectivity index (χ1n) is 5.75. The van der Waals surface area contributed by atoms with Crippen LogP contribution in [0.25, 0.3) is 0 Å². The van der Waals surface area contributed by atoms with Gasteiger partial charge in [0.05, 0.1) is 0 Å². The lowest BCUT2D eigenvalue weighted by atomic mass is 10.1. The molecule has 0 spiro atoms. The summed E-state index contributed by atoms with van der Waals surface area (Å²) in [6.45, 7) is 0.0429. The number of carbonyl (C=O) groups excluding carboxylic acids is 1. The first-order valence-corrected chi connectivity index (χ1v) is 7.77. The maximum atomic E-state index is 12.0. The number of benzene rings is 2. The van der Waals surface area contributed by atoms with Crippen molar-refractivity contribution in [1.82, 2.24) is 0 Å². The highest BCUT2D eigenvalue weighted by Gasteiger charge is 2.09. The molecule has 2 aromatic carbocycles. The van der Waals surface area contributed by atoms with Gasteiger partial charge in [-0.2, -0.15) is 0 Å². The van der Waals surface area contributed by atoms with Crippen LogP contribution in [0.4, 0.5) is 0 Å². The number of thioether (sulfide) groups is 1. The fourth-order valence-electron chi connectivity index (χ4n) is 1.59. The van der Waals surface area contributed by atoms with Crippen molar-refractivity contribution >= 4 is 33.5 Å². The van der Waals surface area contributed by atoms with E-state index in [4.69, 9.17) is 4.74 Å². The Morgan fingerprint density at radius 1 is 1.16 bits per heavy atom. The fourth-order valence-corrected chi connectivity index (χ4v) is 2.50. The highest BCUT2D eigenvalue weighted by molar-refractivity contribution is 9.10. The Kier molecular flexibility index (Phi) is 5.05. The maximum Gasteiger partial charge on any atom is 0.201 e. The fraction of sp³-hybridized carbons (Fsp3) is 0.133. The molecule has 2 aromatic rings. The van der Waals surface area contributed by atoms with Gasteiger partial charge >= 0.3 is 0 Å². The zero-order valence-electron chi connectivity index (χ0n) is 10.4. The number of hydrogen-bond acceptors (Lipinski definition) is 3. The van der Waals surface area contributed by atoms with Gasteiger partial charge in [-0.15, -0.1) is 11.8 Å². The van der Waals surface area contributed by atoms with E-state index in [9.17, 15) is 4.79 Å². The van der Waals surface area contributed by atoms with Crippen LogP contribution in [0.1, 0.15) is 10.4 Å². The molecule has 0 aliphatic heterocycles. The molecular formula is C15H13BrO2S. The molecule has 0 fully saturated rings. The van der Waals surface area contributed by atoms with Gasteiger partial charge in [-0.1, -0.05) is 34.1 Å². The van der Waals surface area contributed by atoms with Crippen LogP contribution in [0, 0.1) is 0 Å². The summed E-state index contributed by atoms with van der Waals surface area (Å²) < 4.78 is 6.29. The largest absolute Gasteiger partial charge is 0.485 e. The zero-order chi connectivity index (χ0) is 13.7. The van der Waals surface area contributed by atoms with Gasteiger partial charge in [-0.25, -0.2) is 0 Å². The van der Waals surface area contributed by atoms with Crippen LogP contribution in [0.15, 0.2) is 57.9 Å². The zero-order valence-corrected chi connectivity index (χ0v) is 12.8. The van der Waals surface area contributed by atoms with E-state index in [1.807, 2.05) is 48.7 Å². The van der Waals surface area contributed by atoms with Crippen LogP contribution in [0.2, 0.25) is 0 Å². The van der Waals surface area contributed by atoms with E-state index < -0.39 is 0 Å². The molecule has 98 valence electrons. The maximum absolute atomic E-state index is 12.0. The Bertz CT molecular complexity index is 567. The van der Waals surface area contributed by atoms with Gasteiger partial charge in [0.15, 0.2) is 6.61 Å². The van der Waals surface area contributed by atoms with Gasteiger partial charge < -0.3 is 4.74 Å². The first-order chi connectivity index (χ1) is 9.20. The van der Waals surface area contributed by atoms with Crippen LogP contribution in [-0.2, 0) is 0 Å². The molecule has 0 aliphatic carbocycles. The smallest absolute Gasteiger partial charge is 0.201 e. The minimum absolute atomic E-state index is 0.0404. The Morgan fingerprint density at radius 2 is 1.84 bits per heavy atom.